The van der Waals surface area contributed by atoms with E-state index in [9.17, 15) is 0 Å². The van der Waals surface area contributed by atoms with Gasteiger partial charge < -0.3 is 14.8 Å². The maximum absolute atomic E-state index is 4.18. The number of aromatic nitrogens is 4. The van der Waals surface area contributed by atoms with Crippen molar-refractivity contribution in [3.05, 3.63) is 36.7 Å². The molecule has 0 saturated carbocycles. The van der Waals surface area contributed by atoms with Crippen molar-refractivity contribution < 1.29 is 0 Å². The van der Waals surface area contributed by atoms with Gasteiger partial charge in [0.05, 0.1) is 6.04 Å². The minimum absolute atomic E-state index is 0.231. The van der Waals surface area contributed by atoms with Crippen LogP contribution in [0.3, 0.4) is 0 Å². The molecule has 1 N–H and O–H groups in total. The summed E-state index contributed by atoms with van der Waals surface area (Å²) < 4.78 is 1.98. The zero-order valence-corrected chi connectivity index (χ0v) is 12.6. The largest absolute Gasteiger partial charge is 0.371 e. The zero-order chi connectivity index (χ0) is 14.7. The van der Waals surface area contributed by atoms with Crippen molar-refractivity contribution in [2.75, 3.05) is 18.0 Å². The Labute approximate surface area is 125 Å². The summed E-state index contributed by atoms with van der Waals surface area (Å²) in [5, 5.41) is 11.8. The standard InChI is InChI=1S/C15H22N6/c1-12(15-19-17-11-20(15)2)18-13-5-9-21(10-6-13)14-3-7-16-8-4-14/h3-4,7-8,11-13,18H,5-6,9-10H2,1-2H3. The van der Waals surface area contributed by atoms with E-state index in [-0.39, 0.29) is 6.04 Å². The van der Waals surface area contributed by atoms with Crippen molar-refractivity contribution in [3.8, 4) is 0 Å². The molecular formula is C15H22N6. The highest BCUT2D eigenvalue weighted by molar-refractivity contribution is 5.44. The summed E-state index contributed by atoms with van der Waals surface area (Å²) in [6.07, 6.45) is 7.75. The molecule has 0 amide bonds. The van der Waals surface area contributed by atoms with Crippen LogP contribution in [0.4, 0.5) is 5.69 Å². The Hall–Kier alpha value is -1.95. The Kier molecular flexibility index (Phi) is 4.15. The average Bonchev–Trinajstić information content (AvgIpc) is 2.95. The van der Waals surface area contributed by atoms with Crippen LogP contribution < -0.4 is 10.2 Å². The molecule has 112 valence electrons. The SMILES string of the molecule is CC(NC1CCN(c2ccncc2)CC1)c1nncn1C. The molecule has 1 atom stereocenters. The topological polar surface area (TPSA) is 58.9 Å². The lowest BCUT2D eigenvalue weighted by Crippen LogP contribution is -2.43. The molecule has 1 fully saturated rings. The number of aryl methyl sites for hydroxylation is 1. The molecule has 0 aromatic carbocycles. The third kappa shape index (κ3) is 3.21. The van der Waals surface area contributed by atoms with Gasteiger partial charge in [0.2, 0.25) is 0 Å². The minimum Gasteiger partial charge on any atom is -0.371 e. The first kappa shape index (κ1) is 14.0. The lowest BCUT2D eigenvalue weighted by Gasteiger charge is -2.35. The number of nitrogens with zero attached hydrogens (tertiary/aromatic N) is 5. The molecule has 1 aliphatic heterocycles. The van der Waals surface area contributed by atoms with Gasteiger partial charge in [-0.1, -0.05) is 0 Å². The minimum atomic E-state index is 0.231. The molecule has 6 nitrogen and oxygen atoms in total. The second-order valence-corrected chi connectivity index (χ2v) is 5.66. The number of pyridine rings is 1. The van der Waals surface area contributed by atoms with Crippen molar-refractivity contribution in [3.63, 3.8) is 0 Å². The van der Waals surface area contributed by atoms with Gasteiger partial charge in [0.25, 0.3) is 0 Å². The van der Waals surface area contributed by atoms with Crippen LogP contribution in [0.5, 0.6) is 0 Å². The third-order valence-corrected chi connectivity index (χ3v) is 4.14. The summed E-state index contributed by atoms with van der Waals surface area (Å²) >= 11 is 0. The fraction of sp³-hybridized carbons (Fsp3) is 0.533. The Bertz CT molecular complexity index is 559. The molecule has 0 bridgehead atoms. The first-order valence-corrected chi connectivity index (χ1v) is 7.49. The summed E-state index contributed by atoms with van der Waals surface area (Å²) in [7, 11) is 1.99. The van der Waals surface area contributed by atoms with Crippen molar-refractivity contribution >= 4 is 5.69 Å². The second kappa shape index (κ2) is 6.22. The van der Waals surface area contributed by atoms with Gasteiger partial charge in [0.1, 0.15) is 12.2 Å². The van der Waals surface area contributed by atoms with E-state index in [0.717, 1.165) is 31.8 Å². The third-order valence-electron chi connectivity index (χ3n) is 4.14. The molecule has 0 spiro atoms. The van der Waals surface area contributed by atoms with Crippen LogP contribution in [0, 0.1) is 0 Å². The predicted molar refractivity (Wildman–Crippen MR) is 82.0 cm³/mol. The number of piperidine rings is 1. The summed E-state index contributed by atoms with van der Waals surface area (Å²) in [4.78, 5) is 6.50. The van der Waals surface area contributed by atoms with Crippen molar-refractivity contribution in [1.82, 2.24) is 25.1 Å². The molecule has 1 saturated heterocycles. The lowest BCUT2D eigenvalue weighted by molar-refractivity contribution is 0.370. The lowest BCUT2D eigenvalue weighted by atomic mass is 10.0. The molecule has 1 aliphatic rings. The Balaban J connectivity index is 1.53. The molecule has 3 rings (SSSR count). The fourth-order valence-corrected chi connectivity index (χ4v) is 2.97. The first-order chi connectivity index (χ1) is 10.2. The molecule has 21 heavy (non-hydrogen) atoms. The van der Waals surface area contributed by atoms with E-state index in [1.54, 1.807) is 6.33 Å². The number of hydrogen-bond donors (Lipinski definition) is 1. The van der Waals surface area contributed by atoms with Gasteiger partial charge in [0.15, 0.2) is 0 Å². The Morgan fingerprint density at radius 2 is 1.95 bits per heavy atom. The van der Waals surface area contributed by atoms with Gasteiger partial charge >= 0.3 is 0 Å². The van der Waals surface area contributed by atoms with Crippen molar-refractivity contribution in [2.45, 2.75) is 31.8 Å². The van der Waals surface area contributed by atoms with Crippen LogP contribution in [0.15, 0.2) is 30.9 Å². The van der Waals surface area contributed by atoms with Crippen molar-refractivity contribution in [1.29, 1.82) is 0 Å². The smallest absolute Gasteiger partial charge is 0.149 e. The molecule has 1 unspecified atom stereocenters. The van der Waals surface area contributed by atoms with E-state index in [1.165, 1.54) is 5.69 Å². The predicted octanol–water partition coefficient (Wildman–Crippen LogP) is 1.53. The highest BCUT2D eigenvalue weighted by atomic mass is 15.3. The van der Waals surface area contributed by atoms with Crippen molar-refractivity contribution in [2.24, 2.45) is 7.05 Å². The van der Waals surface area contributed by atoms with Gasteiger partial charge in [-0.3, -0.25) is 4.98 Å². The highest BCUT2D eigenvalue weighted by Crippen LogP contribution is 2.20. The van der Waals surface area contributed by atoms with Crippen LogP contribution in [0.25, 0.3) is 0 Å². The van der Waals surface area contributed by atoms with E-state index in [4.69, 9.17) is 0 Å². The van der Waals surface area contributed by atoms with E-state index >= 15 is 0 Å². The Morgan fingerprint density at radius 1 is 1.24 bits per heavy atom. The molecule has 3 heterocycles. The van der Waals surface area contributed by atoms with E-state index in [0.29, 0.717) is 6.04 Å². The molecule has 2 aromatic heterocycles. The van der Waals surface area contributed by atoms with Gasteiger partial charge in [-0.2, -0.15) is 0 Å². The monoisotopic (exact) mass is 286 g/mol. The zero-order valence-electron chi connectivity index (χ0n) is 12.6. The van der Waals surface area contributed by atoms with E-state index in [1.807, 2.05) is 24.0 Å². The number of rotatable bonds is 4. The maximum atomic E-state index is 4.18. The van der Waals surface area contributed by atoms with Crippen LogP contribution in [0.1, 0.15) is 31.6 Å². The number of hydrogen-bond acceptors (Lipinski definition) is 5. The van der Waals surface area contributed by atoms with Gasteiger partial charge in [-0.05, 0) is 31.9 Å². The van der Waals surface area contributed by atoms with Crippen LogP contribution in [-0.4, -0.2) is 38.9 Å². The molecule has 0 radical (unpaired) electrons. The second-order valence-electron chi connectivity index (χ2n) is 5.66. The highest BCUT2D eigenvalue weighted by Gasteiger charge is 2.22. The average molecular weight is 286 g/mol. The fourth-order valence-electron chi connectivity index (χ4n) is 2.97. The van der Waals surface area contributed by atoms with Crippen LogP contribution in [0.2, 0.25) is 0 Å². The van der Waals surface area contributed by atoms with Crippen LogP contribution >= 0.6 is 0 Å². The summed E-state index contributed by atoms with van der Waals surface area (Å²) in [6.45, 7) is 4.31. The summed E-state index contributed by atoms with van der Waals surface area (Å²) in [5.74, 6) is 0.992. The normalized spacial score (nSPS) is 17.9. The number of anilines is 1. The first-order valence-electron chi connectivity index (χ1n) is 7.49. The maximum Gasteiger partial charge on any atom is 0.149 e. The van der Waals surface area contributed by atoms with E-state index < -0.39 is 0 Å². The number of nitrogens with one attached hydrogen (secondary N) is 1. The summed E-state index contributed by atoms with van der Waals surface area (Å²) in [5.41, 5.74) is 1.27. The molecule has 6 heteroatoms. The summed E-state index contributed by atoms with van der Waals surface area (Å²) in [6, 6.07) is 4.93. The van der Waals surface area contributed by atoms with Crippen LogP contribution in [-0.2, 0) is 7.05 Å². The van der Waals surface area contributed by atoms with E-state index in [2.05, 4.69) is 44.5 Å². The molecular weight excluding hydrogens is 264 g/mol. The molecule has 2 aromatic rings. The van der Waals surface area contributed by atoms with Gasteiger partial charge in [0, 0.05) is 44.3 Å². The Morgan fingerprint density at radius 3 is 2.57 bits per heavy atom. The van der Waals surface area contributed by atoms with Gasteiger partial charge in [-0.25, -0.2) is 0 Å². The molecule has 0 aliphatic carbocycles. The quantitative estimate of drug-likeness (QED) is 0.923. The van der Waals surface area contributed by atoms with Gasteiger partial charge in [-0.15, -0.1) is 10.2 Å².